The highest BCUT2D eigenvalue weighted by Crippen LogP contribution is 2.28. The zero-order valence-corrected chi connectivity index (χ0v) is 12.8. The van der Waals surface area contributed by atoms with E-state index in [4.69, 9.17) is 16.3 Å². The van der Waals surface area contributed by atoms with Crippen LogP contribution in [0.2, 0.25) is 0 Å². The number of halogens is 1. The van der Waals surface area contributed by atoms with E-state index in [0.29, 0.717) is 18.4 Å². The molecule has 1 aromatic rings. The number of alkyl halides is 1. The van der Waals surface area contributed by atoms with Gasteiger partial charge < -0.3 is 9.30 Å². The molecule has 0 saturated carbocycles. The molecule has 0 aliphatic heterocycles. The van der Waals surface area contributed by atoms with E-state index in [9.17, 15) is 0 Å². The molecule has 1 heterocycles. The SMILES string of the molecule is COCCn1c(CCl)nnc1CC(C)C(C)(C)C. The Hall–Kier alpha value is -0.610. The summed E-state index contributed by atoms with van der Waals surface area (Å²) in [5.41, 5.74) is 0.263. The maximum atomic E-state index is 5.89. The topological polar surface area (TPSA) is 39.9 Å². The molecule has 0 saturated heterocycles. The third kappa shape index (κ3) is 3.95. The summed E-state index contributed by atoms with van der Waals surface area (Å²) < 4.78 is 7.20. The Morgan fingerprint density at radius 2 is 1.89 bits per heavy atom. The Morgan fingerprint density at radius 3 is 2.39 bits per heavy atom. The second kappa shape index (κ2) is 6.53. The fraction of sp³-hybridized carbons (Fsp3) is 0.846. The van der Waals surface area contributed by atoms with E-state index in [1.54, 1.807) is 7.11 Å². The fourth-order valence-corrected chi connectivity index (χ4v) is 1.84. The summed E-state index contributed by atoms with van der Waals surface area (Å²) in [6.07, 6.45) is 0.914. The largest absolute Gasteiger partial charge is 0.383 e. The van der Waals surface area contributed by atoms with Gasteiger partial charge in [0.1, 0.15) is 11.6 Å². The van der Waals surface area contributed by atoms with Gasteiger partial charge in [-0.1, -0.05) is 27.7 Å². The number of aromatic nitrogens is 3. The molecule has 0 aliphatic carbocycles. The van der Waals surface area contributed by atoms with Gasteiger partial charge in [0.25, 0.3) is 0 Å². The maximum Gasteiger partial charge on any atom is 0.148 e. The van der Waals surface area contributed by atoms with Crippen LogP contribution < -0.4 is 0 Å². The molecule has 1 rings (SSSR count). The molecule has 4 nitrogen and oxygen atoms in total. The smallest absolute Gasteiger partial charge is 0.148 e. The van der Waals surface area contributed by atoms with E-state index in [2.05, 4.69) is 42.5 Å². The summed E-state index contributed by atoms with van der Waals surface area (Å²) in [7, 11) is 1.70. The lowest BCUT2D eigenvalue weighted by atomic mass is 9.80. The maximum absolute atomic E-state index is 5.89. The van der Waals surface area contributed by atoms with Crippen LogP contribution in [0.1, 0.15) is 39.3 Å². The molecule has 0 aliphatic rings. The van der Waals surface area contributed by atoms with Crippen LogP contribution in [0.3, 0.4) is 0 Å². The number of ether oxygens (including phenoxy) is 1. The minimum Gasteiger partial charge on any atom is -0.383 e. The lowest BCUT2D eigenvalue weighted by Gasteiger charge is -2.27. The Labute approximate surface area is 115 Å². The number of rotatable bonds is 6. The molecule has 0 fully saturated rings. The molecular formula is C13H24ClN3O. The van der Waals surface area contributed by atoms with Crippen molar-refractivity contribution in [3.05, 3.63) is 11.6 Å². The van der Waals surface area contributed by atoms with Gasteiger partial charge in [0.2, 0.25) is 0 Å². The van der Waals surface area contributed by atoms with E-state index in [-0.39, 0.29) is 5.41 Å². The summed E-state index contributed by atoms with van der Waals surface area (Å²) >= 11 is 5.89. The summed E-state index contributed by atoms with van der Waals surface area (Å²) in [6.45, 7) is 10.4. The van der Waals surface area contributed by atoms with E-state index in [0.717, 1.165) is 24.6 Å². The molecule has 0 aromatic carbocycles. The Morgan fingerprint density at radius 1 is 1.28 bits per heavy atom. The van der Waals surface area contributed by atoms with Crippen LogP contribution in [0.4, 0.5) is 0 Å². The highest BCUT2D eigenvalue weighted by atomic mass is 35.5. The molecular weight excluding hydrogens is 250 g/mol. The van der Waals surface area contributed by atoms with Crippen LogP contribution in [0.5, 0.6) is 0 Å². The molecule has 0 N–H and O–H groups in total. The normalized spacial score (nSPS) is 13.9. The second-order valence-corrected chi connectivity index (χ2v) is 6.05. The van der Waals surface area contributed by atoms with Crippen LogP contribution in [-0.4, -0.2) is 28.5 Å². The van der Waals surface area contributed by atoms with Crippen molar-refractivity contribution in [2.75, 3.05) is 13.7 Å². The zero-order chi connectivity index (χ0) is 13.8. The van der Waals surface area contributed by atoms with Crippen LogP contribution >= 0.6 is 11.6 Å². The average molecular weight is 274 g/mol. The van der Waals surface area contributed by atoms with Gasteiger partial charge in [0, 0.05) is 20.1 Å². The first-order valence-electron chi connectivity index (χ1n) is 6.36. The van der Waals surface area contributed by atoms with Gasteiger partial charge in [0.15, 0.2) is 0 Å². The first kappa shape index (κ1) is 15.4. The predicted molar refractivity (Wildman–Crippen MR) is 73.8 cm³/mol. The molecule has 0 bridgehead atoms. The zero-order valence-electron chi connectivity index (χ0n) is 12.0. The Bertz CT molecular complexity index is 371. The molecule has 1 atom stereocenters. The Balaban J connectivity index is 2.84. The van der Waals surface area contributed by atoms with Crippen molar-refractivity contribution >= 4 is 11.6 Å². The second-order valence-electron chi connectivity index (χ2n) is 5.78. The molecule has 104 valence electrons. The van der Waals surface area contributed by atoms with Crippen molar-refractivity contribution in [3.63, 3.8) is 0 Å². The first-order valence-corrected chi connectivity index (χ1v) is 6.89. The van der Waals surface area contributed by atoms with Crippen molar-refractivity contribution in [1.82, 2.24) is 14.8 Å². The molecule has 0 spiro atoms. The summed E-state index contributed by atoms with van der Waals surface area (Å²) in [5, 5.41) is 8.41. The van der Waals surface area contributed by atoms with E-state index in [1.165, 1.54) is 0 Å². The van der Waals surface area contributed by atoms with Gasteiger partial charge >= 0.3 is 0 Å². The average Bonchev–Trinajstić information content (AvgIpc) is 2.67. The van der Waals surface area contributed by atoms with Crippen molar-refractivity contribution < 1.29 is 4.74 Å². The summed E-state index contributed by atoms with van der Waals surface area (Å²) in [6, 6.07) is 0. The molecule has 18 heavy (non-hydrogen) atoms. The summed E-state index contributed by atoms with van der Waals surface area (Å²) in [4.78, 5) is 0. The number of hydrogen-bond donors (Lipinski definition) is 0. The molecule has 1 aromatic heterocycles. The van der Waals surface area contributed by atoms with Crippen LogP contribution in [0, 0.1) is 11.3 Å². The van der Waals surface area contributed by atoms with Gasteiger partial charge in [-0.25, -0.2) is 0 Å². The van der Waals surface area contributed by atoms with Crippen LogP contribution in [-0.2, 0) is 23.6 Å². The van der Waals surface area contributed by atoms with Crippen molar-refractivity contribution in [2.45, 2.75) is 46.5 Å². The van der Waals surface area contributed by atoms with E-state index < -0.39 is 0 Å². The summed E-state index contributed by atoms with van der Waals surface area (Å²) in [5.74, 6) is 2.75. The van der Waals surface area contributed by atoms with Gasteiger partial charge in [-0.05, 0) is 11.3 Å². The minimum absolute atomic E-state index is 0.263. The quantitative estimate of drug-likeness (QED) is 0.748. The standard InChI is InChI=1S/C13H24ClN3O/c1-10(13(2,3)4)8-11-15-16-12(9-14)17(11)6-7-18-5/h10H,6-9H2,1-5H3. The number of methoxy groups -OCH3 is 1. The monoisotopic (exact) mass is 273 g/mol. The lowest BCUT2D eigenvalue weighted by Crippen LogP contribution is -2.22. The third-order valence-electron chi connectivity index (χ3n) is 3.51. The van der Waals surface area contributed by atoms with E-state index in [1.807, 2.05) is 0 Å². The molecule has 0 amide bonds. The van der Waals surface area contributed by atoms with Gasteiger partial charge in [-0.2, -0.15) is 0 Å². The molecule has 0 radical (unpaired) electrons. The Kier molecular flexibility index (Phi) is 5.60. The molecule has 1 unspecified atom stereocenters. The predicted octanol–water partition coefficient (Wildman–Crippen LogP) is 2.89. The number of hydrogen-bond acceptors (Lipinski definition) is 3. The van der Waals surface area contributed by atoms with Crippen molar-refractivity contribution in [1.29, 1.82) is 0 Å². The highest BCUT2D eigenvalue weighted by Gasteiger charge is 2.23. The van der Waals surface area contributed by atoms with Gasteiger partial charge in [-0.15, -0.1) is 21.8 Å². The van der Waals surface area contributed by atoms with Crippen molar-refractivity contribution in [3.8, 4) is 0 Å². The first-order chi connectivity index (χ1) is 8.40. The molecule has 5 heteroatoms. The van der Waals surface area contributed by atoms with Gasteiger partial charge in [-0.3, -0.25) is 0 Å². The van der Waals surface area contributed by atoms with Crippen molar-refractivity contribution in [2.24, 2.45) is 11.3 Å². The van der Waals surface area contributed by atoms with Crippen LogP contribution in [0.15, 0.2) is 0 Å². The van der Waals surface area contributed by atoms with E-state index >= 15 is 0 Å². The highest BCUT2D eigenvalue weighted by molar-refractivity contribution is 6.16. The lowest BCUT2D eigenvalue weighted by molar-refractivity contribution is 0.184. The minimum atomic E-state index is 0.263. The number of nitrogens with zero attached hydrogens (tertiary/aromatic N) is 3. The van der Waals surface area contributed by atoms with Gasteiger partial charge in [0.05, 0.1) is 12.5 Å². The van der Waals surface area contributed by atoms with Crippen LogP contribution in [0.25, 0.3) is 0 Å². The fourth-order valence-electron chi connectivity index (χ4n) is 1.64. The third-order valence-corrected chi connectivity index (χ3v) is 3.75.